The Hall–Kier alpha value is -2.29. The fraction of sp³-hybridized carbons (Fsp3) is 0.797. The van der Waals surface area contributed by atoms with Gasteiger partial charge in [-0.1, -0.05) is 261 Å². The Bertz CT molecular complexity index is 1310. The number of ether oxygens (including phenoxy) is 2. The second-order valence-electron chi connectivity index (χ2n) is 19.1. The third-order valence-electron chi connectivity index (χ3n) is 12.4. The highest BCUT2D eigenvalue weighted by atomic mass is 31.2. The van der Waals surface area contributed by atoms with Gasteiger partial charge in [-0.3, -0.25) is 18.6 Å². The van der Waals surface area contributed by atoms with Crippen molar-refractivity contribution in [1.82, 2.24) is 0 Å². The van der Waals surface area contributed by atoms with Crippen LogP contribution < -0.4 is 5.73 Å². The van der Waals surface area contributed by atoms with Gasteiger partial charge in [0.1, 0.15) is 6.61 Å². The number of carbonyl (C=O) groups is 2. The zero-order valence-corrected chi connectivity index (χ0v) is 45.7. The summed E-state index contributed by atoms with van der Waals surface area (Å²) in [4.78, 5) is 35.2. The van der Waals surface area contributed by atoms with Crippen molar-refractivity contribution in [3.63, 3.8) is 0 Å². The van der Waals surface area contributed by atoms with Crippen molar-refractivity contribution in [1.29, 1.82) is 0 Å². The number of rotatable bonds is 54. The molecule has 0 bridgehead atoms. The summed E-state index contributed by atoms with van der Waals surface area (Å²) in [6.45, 7) is 3.66. The summed E-state index contributed by atoms with van der Waals surface area (Å²) in [6.07, 6.45) is 68.4. The average Bonchev–Trinajstić information content (AvgIpc) is 3.34. The third-order valence-corrected chi connectivity index (χ3v) is 13.4. The Morgan fingerprint density at radius 3 is 1.19 bits per heavy atom. The maximum absolute atomic E-state index is 12.7. The normalized spacial score (nSPS) is 13.5. The molecule has 2 atom stereocenters. The number of allylic oxidation sites excluding steroid dienone is 10. The van der Waals surface area contributed by atoms with Gasteiger partial charge >= 0.3 is 19.8 Å². The van der Waals surface area contributed by atoms with E-state index in [9.17, 15) is 19.0 Å². The number of hydrogen-bond acceptors (Lipinski definition) is 8. The molecule has 0 aromatic heterocycles. The maximum atomic E-state index is 12.7. The molecule has 0 saturated heterocycles. The molecule has 0 aliphatic rings. The monoisotopic (exact) mass is 990 g/mol. The molecule has 0 heterocycles. The van der Waals surface area contributed by atoms with Crippen LogP contribution in [-0.4, -0.2) is 49.3 Å². The molecule has 0 rings (SSSR count). The molecule has 2 unspecified atom stereocenters. The van der Waals surface area contributed by atoms with E-state index in [1.165, 1.54) is 161 Å². The Morgan fingerprint density at radius 2 is 0.797 bits per heavy atom. The molecule has 0 spiro atoms. The van der Waals surface area contributed by atoms with Crippen LogP contribution in [0.15, 0.2) is 60.8 Å². The standard InChI is InChI=1S/C59H108NO8P/c1-3-5-7-9-11-13-15-17-19-21-23-25-27-28-30-32-34-36-38-40-42-44-46-48-50-52-59(62)68-57(56-67-69(63,64)66-54-53-60)55-65-58(61)51-49-47-45-43-41-39-37-35-33-31-29-26-24-22-20-18-16-14-12-10-8-6-4-2/h5,7,11,13,17,19,23,25,28,30,57H,3-4,6,8-10,12,14-16,18,20-22,24,26-27,29,31-56,60H2,1-2H3,(H,63,64)/b7-5-,13-11-,19-17-,25-23-,30-28-. The number of carbonyl (C=O) groups excluding carboxylic acids is 2. The number of nitrogens with two attached hydrogens (primary N) is 1. The van der Waals surface area contributed by atoms with Gasteiger partial charge in [-0.2, -0.15) is 0 Å². The van der Waals surface area contributed by atoms with Crippen molar-refractivity contribution in [3.8, 4) is 0 Å². The molecule has 0 radical (unpaired) electrons. The average molecular weight is 990 g/mol. The summed E-state index contributed by atoms with van der Waals surface area (Å²) in [5.41, 5.74) is 5.38. The molecular formula is C59H108NO8P. The van der Waals surface area contributed by atoms with Gasteiger partial charge in [-0.25, -0.2) is 4.57 Å². The van der Waals surface area contributed by atoms with E-state index in [4.69, 9.17) is 24.3 Å². The Kier molecular flexibility index (Phi) is 53.2. The summed E-state index contributed by atoms with van der Waals surface area (Å²) in [7, 11) is -4.39. The summed E-state index contributed by atoms with van der Waals surface area (Å²) in [5, 5.41) is 0. The minimum Gasteiger partial charge on any atom is -0.462 e. The summed E-state index contributed by atoms with van der Waals surface area (Å²) >= 11 is 0. The quantitative estimate of drug-likeness (QED) is 0.0264. The van der Waals surface area contributed by atoms with Crippen molar-refractivity contribution >= 4 is 19.8 Å². The molecule has 3 N–H and O–H groups in total. The molecule has 0 amide bonds. The van der Waals surface area contributed by atoms with Crippen LogP contribution in [0, 0.1) is 0 Å². The predicted molar refractivity (Wildman–Crippen MR) is 293 cm³/mol. The second kappa shape index (κ2) is 55.0. The van der Waals surface area contributed by atoms with E-state index in [0.717, 1.165) is 77.0 Å². The first-order chi connectivity index (χ1) is 33.8. The second-order valence-corrected chi connectivity index (χ2v) is 20.6. The number of unbranched alkanes of at least 4 members (excludes halogenated alkanes) is 31. The molecule has 10 heteroatoms. The third kappa shape index (κ3) is 54.9. The minimum atomic E-state index is -4.39. The van der Waals surface area contributed by atoms with Crippen molar-refractivity contribution in [2.24, 2.45) is 5.73 Å². The highest BCUT2D eigenvalue weighted by Gasteiger charge is 2.26. The Morgan fingerprint density at radius 1 is 0.449 bits per heavy atom. The van der Waals surface area contributed by atoms with E-state index in [-0.39, 0.29) is 38.6 Å². The molecule has 0 fully saturated rings. The largest absolute Gasteiger partial charge is 0.472 e. The van der Waals surface area contributed by atoms with Crippen LogP contribution in [0.1, 0.15) is 271 Å². The fourth-order valence-corrected chi connectivity index (χ4v) is 8.96. The van der Waals surface area contributed by atoms with Gasteiger partial charge in [0.25, 0.3) is 0 Å². The van der Waals surface area contributed by atoms with Crippen LogP contribution in [0.4, 0.5) is 0 Å². The van der Waals surface area contributed by atoms with Crippen molar-refractivity contribution < 1.29 is 37.6 Å². The number of phosphoric ester groups is 1. The maximum Gasteiger partial charge on any atom is 0.472 e. The van der Waals surface area contributed by atoms with E-state index in [0.29, 0.717) is 6.42 Å². The molecule has 0 aliphatic heterocycles. The van der Waals surface area contributed by atoms with Crippen LogP contribution in [0.5, 0.6) is 0 Å². The van der Waals surface area contributed by atoms with Crippen LogP contribution in [0.3, 0.4) is 0 Å². The van der Waals surface area contributed by atoms with E-state index in [2.05, 4.69) is 74.6 Å². The van der Waals surface area contributed by atoms with Gasteiger partial charge in [-0.05, 0) is 57.8 Å². The first-order valence-corrected chi connectivity index (χ1v) is 30.3. The van der Waals surface area contributed by atoms with Gasteiger partial charge in [0.15, 0.2) is 6.10 Å². The van der Waals surface area contributed by atoms with Gasteiger partial charge in [0.05, 0.1) is 13.2 Å². The lowest BCUT2D eigenvalue weighted by Gasteiger charge is -2.19. The molecule has 402 valence electrons. The minimum absolute atomic E-state index is 0.0515. The zero-order valence-electron chi connectivity index (χ0n) is 44.8. The SMILES string of the molecule is CC/C=C\C/C=C\C/C=C\C/C=C\C/C=C\CCCCCCCCCCCC(=O)OC(COC(=O)CCCCCCCCCCCCCCCCCCCCCCCCC)COP(=O)(O)OCCN. The van der Waals surface area contributed by atoms with Crippen LogP contribution in [0.2, 0.25) is 0 Å². The number of esters is 2. The Labute approximate surface area is 425 Å². The molecule has 0 aromatic carbocycles. The van der Waals surface area contributed by atoms with Gasteiger partial charge < -0.3 is 20.1 Å². The van der Waals surface area contributed by atoms with E-state index in [1.807, 2.05) is 0 Å². The van der Waals surface area contributed by atoms with Crippen LogP contribution in [0.25, 0.3) is 0 Å². The lowest BCUT2D eigenvalue weighted by molar-refractivity contribution is -0.161. The summed E-state index contributed by atoms with van der Waals surface area (Å²) in [6, 6.07) is 0. The van der Waals surface area contributed by atoms with Gasteiger partial charge in [-0.15, -0.1) is 0 Å². The highest BCUT2D eigenvalue weighted by Crippen LogP contribution is 2.43. The molecule has 0 saturated carbocycles. The van der Waals surface area contributed by atoms with E-state index >= 15 is 0 Å². The van der Waals surface area contributed by atoms with Crippen LogP contribution in [-0.2, 0) is 32.7 Å². The number of hydrogen-bond donors (Lipinski definition) is 2. The van der Waals surface area contributed by atoms with Crippen molar-refractivity contribution in [2.45, 2.75) is 277 Å². The van der Waals surface area contributed by atoms with E-state index < -0.39 is 26.5 Å². The lowest BCUT2D eigenvalue weighted by Crippen LogP contribution is -2.29. The van der Waals surface area contributed by atoms with Crippen LogP contribution >= 0.6 is 7.82 Å². The lowest BCUT2D eigenvalue weighted by atomic mass is 10.0. The fourth-order valence-electron chi connectivity index (χ4n) is 8.19. The van der Waals surface area contributed by atoms with Crippen molar-refractivity contribution in [2.75, 3.05) is 26.4 Å². The predicted octanol–water partition coefficient (Wildman–Crippen LogP) is 18.0. The van der Waals surface area contributed by atoms with Gasteiger partial charge in [0, 0.05) is 19.4 Å². The first kappa shape index (κ1) is 66.7. The molecule has 69 heavy (non-hydrogen) atoms. The topological polar surface area (TPSA) is 134 Å². The van der Waals surface area contributed by atoms with E-state index in [1.54, 1.807) is 0 Å². The molecule has 0 aromatic rings. The zero-order chi connectivity index (χ0) is 50.2. The Balaban J connectivity index is 3.98. The molecule has 0 aliphatic carbocycles. The smallest absolute Gasteiger partial charge is 0.462 e. The molecule has 9 nitrogen and oxygen atoms in total. The first-order valence-electron chi connectivity index (χ1n) is 28.8. The molecular weight excluding hydrogens is 882 g/mol. The van der Waals surface area contributed by atoms with Gasteiger partial charge in [0.2, 0.25) is 0 Å². The van der Waals surface area contributed by atoms with Crippen molar-refractivity contribution in [3.05, 3.63) is 60.8 Å². The summed E-state index contributed by atoms with van der Waals surface area (Å²) < 4.78 is 33.0. The summed E-state index contributed by atoms with van der Waals surface area (Å²) in [5.74, 6) is -0.825. The highest BCUT2D eigenvalue weighted by molar-refractivity contribution is 7.47. The number of phosphoric acid groups is 1.